The van der Waals surface area contributed by atoms with Gasteiger partial charge in [-0.2, -0.15) is 4.72 Å². The Morgan fingerprint density at radius 3 is 2.78 bits per heavy atom. The van der Waals surface area contributed by atoms with Crippen LogP contribution >= 0.6 is 11.6 Å². The molecule has 0 aliphatic rings. The van der Waals surface area contributed by atoms with Crippen LogP contribution in [0.3, 0.4) is 0 Å². The minimum absolute atomic E-state index is 0.0551. The predicted molar refractivity (Wildman–Crippen MR) is 73.7 cm³/mol. The van der Waals surface area contributed by atoms with Crippen molar-refractivity contribution in [1.29, 1.82) is 0 Å². The van der Waals surface area contributed by atoms with Crippen LogP contribution in [-0.4, -0.2) is 14.5 Å². The van der Waals surface area contributed by atoms with Gasteiger partial charge in [0.15, 0.2) is 0 Å². The molecular weight excluding hydrogens is 272 g/mol. The molecule has 1 atom stereocenters. The topological polar surface area (TPSA) is 72.2 Å². The number of nitrogen functional groups attached to an aromatic ring is 1. The molecule has 1 aromatic rings. The van der Waals surface area contributed by atoms with Crippen molar-refractivity contribution in [3.8, 4) is 12.3 Å². The fourth-order valence-electron chi connectivity index (χ4n) is 1.44. The first kappa shape index (κ1) is 14.8. The summed E-state index contributed by atoms with van der Waals surface area (Å²) in [6.45, 7) is 1.92. The summed E-state index contributed by atoms with van der Waals surface area (Å²) in [4.78, 5) is -0.0551. The number of benzene rings is 1. The molecule has 0 radical (unpaired) electrons. The zero-order chi connectivity index (χ0) is 13.8. The number of nitrogens with one attached hydrogen (secondary N) is 1. The summed E-state index contributed by atoms with van der Waals surface area (Å²) in [6, 6.07) is 3.74. The zero-order valence-corrected chi connectivity index (χ0v) is 11.6. The van der Waals surface area contributed by atoms with Crippen molar-refractivity contribution >= 4 is 27.3 Å². The summed E-state index contributed by atoms with van der Waals surface area (Å²) >= 11 is 5.86. The molecule has 3 N–H and O–H groups in total. The van der Waals surface area contributed by atoms with Crippen molar-refractivity contribution in [3.05, 3.63) is 23.2 Å². The molecule has 0 aliphatic carbocycles. The third kappa shape index (κ3) is 3.64. The molecule has 1 rings (SSSR count). The maximum Gasteiger partial charge on any atom is 0.243 e. The minimum atomic E-state index is -3.75. The van der Waals surface area contributed by atoms with Crippen molar-refractivity contribution in [2.24, 2.45) is 0 Å². The Labute approximate surface area is 113 Å². The molecule has 6 heteroatoms. The van der Waals surface area contributed by atoms with E-state index < -0.39 is 16.1 Å². The van der Waals surface area contributed by atoms with E-state index in [1.165, 1.54) is 18.2 Å². The molecule has 1 aromatic carbocycles. The first-order valence-corrected chi connectivity index (χ1v) is 7.30. The second-order valence-electron chi connectivity index (χ2n) is 3.82. The van der Waals surface area contributed by atoms with Gasteiger partial charge in [-0.25, -0.2) is 8.42 Å². The molecule has 0 bridgehead atoms. The van der Waals surface area contributed by atoms with E-state index >= 15 is 0 Å². The van der Waals surface area contributed by atoms with Crippen molar-refractivity contribution < 1.29 is 8.42 Å². The third-order valence-corrected chi connectivity index (χ3v) is 4.27. The van der Waals surface area contributed by atoms with Crippen LogP contribution in [0.25, 0.3) is 0 Å². The standard InChI is InChI=1S/C12H15ClN2O2S/c1-3-5-10(4-2)15-18(16,17)12-8-9(14)6-7-11(12)13/h2,6-8,10,15H,3,5,14H2,1H3. The lowest BCUT2D eigenvalue weighted by atomic mass is 10.2. The normalized spacial score (nSPS) is 12.9. The first-order valence-electron chi connectivity index (χ1n) is 5.44. The summed E-state index contributed by atoms with van der Waals surface area (Å²) in [5, 5.41) is 0.115. The smallest absolute Gasteiger partial charge is 0.243 e. The number of hydrogen-bond acceptors (Lipinski definition) is 3. The molecule has 0 heterocycles. The Balaban J connectivity index is 3.07. The Morgan fingerprint density at radius 1 is 1.56 bits per heavy atom. The van der Waals surface area contributed by atoms with E-state index in [2.05, 4.69) is 10.6 Å². The van der Waals surface area contributed by atoms with E-state index in [0.29, 0.717) is 12.1 Å². The highest BCUT2D eigenvalue weighted by molar-refractivity contribution is 7.89. The molecule has 0 aromatic heterocycles. The van der Waals surface area contributed by atoms with Gasteiger partial charge in [0, 0.05) is 5.69 Å². The summed E-state index contributed by atoms with van der Waals surface area (Å²) < 4.78 is 26.6. The van der Waals surface area contributed by atoms with Crippen molar-refractivity contribution in [2.45, 2.75) is 30.7 Å². The maximum atomic E-state index is 12.1. The summed E-state index contributed by atoms with van der Waals surface area (Å²) in [5.74, 6) is 2.40. The first-order chi connectivity index (χ1) is 8.40. The Bertz CT molecular complexity index is 564. The summed E-state index contributed by atoms with van der Waals surface area (Å²) in [7, 11) is -3.75. The van der Waals surface area contributed by atoms with Gasteiger partial charge in [0.25, 0.3) is 0 Å². The van der Waals surface area contributed by atoms with E-state index in [0.717, 1.165) is 6.42 Å². The third-order valence-electron chi connectivity index (χ3n) is 2.32. The average molecular weight is 287 g/mol. The highest BCUT2D eigenvalue weighted by atomic mass is 35.5. The number of sulfonamides is 1. The van der Waals surface area contributed by atoms with Crippen LogP contribution in [0.15, 0.2) is 23.1 Å². The van der Waals surface area contributed by atoms with Crippen LogP contribution in [0.2, 0.25) is 5.02 Å². The van der Waals surface area contributed by atoms with E-state index in [1.54, 1.807) is 0 Å². The lowest BCUT2D eigenvalue weighted by molar-refractivity contribution is 0.564. The summed E-state index contributed by atoms with van der Waals surface area (Å²) in [5.41, 5.74) is 5.88. The van der Waals surface area contributed by atoms with E-state index in [1.807, 2.05) is 6.92 Å². The van der Waals surface area contributed by atoms with Crippen LogP contribution in [0.1, 0.15) is 19.8 Å². The van der Waals surface area contributed by atoms with E-state index in [4.69, 9.17) is 23.8 Å². The Kier molecular flexibility index (Phi) is 5.03. The molecule has 0 aliphatic heterocycles. The van der Waals surface area contributed by atoms with Crippen LogP contribution in [0, 0.1) is 12.3 Å². The van der Waals surface area contributed by atoms with Crippen molar-refractivity contribution in [1.82, 2.24) is 4.72 Å². The lowest BCUT2D eigenvalue weighted by Gasteiger charge is -2.13. The molecular formula is C12H15ClN2O2S. The second-order valence-corrected chi connectivity index (χ2v) is 5.91. The molecule has 0 saturated carbocycles. The van der Waals surface area contributed by atoms with Gasteiger partial charge in [-0.3, -0.25) is 0 Å². The molecule has 18 heavy (non-hydrogen) atoms. The number of rotatable bonds is 5. The fraction of sp³-hybridized carbons (Fsp3) is 0.333. The minimum Gasteiger partial charge on any atom is -0.399 e. The molecule has 0 spiro atoms. The second kappa shape index (κ2) is 6.10. The van der Waals surface area contributed by atoms with Gasteiger partial charge < -0.3 is 5.73 Å². The molecule has 4 nitrogen and oxygen atoms in total. The fourth-order valence-corrected chi connectivity index (χ4v) is 3.17. The molecule has 1 unspecified atom stereocenters. The molecule has 0 saturated heterocycles. The van der Waals surface area contributed by atoms with Gasteiger partial charge >= 0.3 is 0 Å². The van der Waals surface area contributed by atoms with Gasteiger partial charge in [-0.05, 0) is 24.6 Å². The predicted octanol–water partition coefficient (Wildman–Crippen LogP) is 2.00. The number of halogens is 1. The van der Waals surface area contributed by atoms with Gasteiger partial charge in [0.05, 0.1) is 11.1 Å². The van der Waals surface area contributed by atoms with Crippen molar-refractivity contribution in [3.63, 3.8) is 0 Å². The number of hydrogen-bond donors (Lipinski definition) is 2. The lowest BCUT2D eigenvalue weighted by Crippen LogP contribution is -2.33. The van der Waals surface area contributed by atoms with Gasteiger partial charge in [0.1, 0.15) is 4.90 Å². The maximum absolute atomic E-state index is 12.1. The summed E-state index contributed by atoms with van der Waals surface area (Å²) in [6.07, 6.45) is 6.62. The van der Waals surface area contributed by atoms with Crippen LogP contribution in [0.4, 0.5) is 5.69 Å². The average Bonchev–Trinajstić information content (AvgIpc) is 2.31. The zero-order valence-electron chi connectivity index (χ0n) is 9.98. The van der Waals surface area contributed by atoms with Crippen LogP contribution in [-0.2, 0) is 10.0 Å². The highest BCUT2D eigenvalue weighted by Gasteiger charge is 2.21. The van der Waals surface area contributed by atoms with Crippen LogP contribution in [0.5, 0.6) is 0 Å². The number of nitrogens with two attached hydrogens (primary N) is 1. The number of anilines is 1. The molecule has 98 valence electrons. The largest absolute Gasteiger partial charge is 0.399 e. The Hall–Kier alpha value is -1.22. The highest BCUT2D eigenvalue weighted by Crippen LogP contribution is 2.23. The number of terminal acetylenes is 1. The van der Waals surface area contributed by atoms with E-state index in [9.17, 15) is 8.42 Å². The molecule has 0 fully saturated rings. The van der Waals surface area contributed by atoms with Gasteiger partial charge in [-0.15, -0.1) is 6.42 Å². The Morgan fingerprint density at radius 2 is 2.22 bits per heavy atom. The van der Waals surface area contributed by atoms with Crippen molar-refractivity contribution in [2.75, 3.05) is 5.73 Å². The quantitative estimate of drug-likeness (QED) is 0.642. The van der Waals surface area contributed by atoms with Gasteiger partial charge in [0.2, 0.25) is 10.0 Å². The SMILES string of the molecule is C#CC(CCC)NS(=O)(=O)c1cc(N)ccc1Cl. The monoisotopic (exact) mass is 286 g/mol. The van der Waals surface area contributed by atoms with E-state index in [-0.39, 0.29) is 9.92 Å². The molecule has 0 amide bonds. The van der Waals surface area contributed by atoms with Gasteiger partial charge in [-0.1, -0.05) is 30.9 Å². The van der Waals surface area contributed by atoms with Crippen LogP contribution < -0.4 is 10.5 Å².